The summed E-state index contributed by atoms with van der Waals surface area (Å²) in [6.07, 6.45) is 6.01. The molecule has 3 aliphatic rings. The van der Waals surface area contributed by atoms with E-state index in [1.807, 2.05) is 6.07 Å². The van der Waals surface area contributed by atoms with Gasteiger partial charge in [-0.1, -0.05) is 47.8 Å². The zero-order valence-corrected chi connectivity index (χ0v) is 20.3. The van der Waals surface area contributed by atoms with Crippen molar-refractivity contribution >= 4 is 58.3 Å². The van der Waals surface area contributed by atoms with Gasteiger partial charge in [0.2, 0.25) is 0 Å². The minimum Gasteiger partial charge on any atom is -0.368 e. The van der Waals surface area contributed by atoms with Crippen LogP contribution in [0, 0.1) is 0 Å². The highest BCUT2D eigenvalue weighted by atomic mass is 35.5. The molecule has 1 unspecified atom stereocenters. The summed E-state index contributed by atoms with van der Waals surface area (Å²) in [6.45, 7) is 5.11. The monoisotopic (exact) mass is 487 g/mol. The molecule has 3 fully saturated rings. The van der Waals surface area contributed by atoms with Gasteiger partial charge in [-0.05, 0) is 55.3 Å². The summed E-state index contributed by atoms with van der Waals surface area (Å²) in [7, 11) is 0. The Morgan fingerprint density at radius 3 is 2.72 bits per heavy atom. The Kier molecular flexibility index (Phi) is 6.70. The van der Waals surface area contributed by atoms with Crippen LogP contribution >= 0.6 is 35.0 Å². The number of anilines is 2. The van der Waals surface area contributed by atoms with Crippen molar-refractivity contribution in [3.05, 3.63) is 63.0 Å². The molecule has 0 saturated carbocycles. The van der Waals surface area contributed by atoms with Gasteiger partial charge in [0.15, 0.2) is 0 Å². The summed E-state index contributed by atoms with van der Waals surface area (Å²) in [4.78, 5) is 21.1. The van der Waals surface area contributed by atoms with Crippen LogP contribution in [0.2, 0.25) is 10.0 Å². The average Bonchev–Trinajstić information content (AvgIpc) is 2.82. The summed E-state index contributed by atoms with van der Waals surface area (Å²) >= 11 is 13.9. The van der Waals surface area contributed by atoms with Gasteiger partial charge in [0.05, 0.1) is 15.0 Å². The molecular weight excluding hydrogens is 461 g/mol. The van der Waals surface area contributed by atoms with Gasteiger partial charge in [0.25, 0.3) is 5.91 Å². The lowest BCUT2D eigenvalue weighted by atomic mass is 9.98. The second-order valence-electron chi connectivity index (χ2n) is 8.60. The first kappa shape index (κ1) is 22.1. The molecule has 2 aromatic rings. The summed E-state index contributed by atoms with van der Waals surface area (Å²) in [5, 5.41) is 0.963. The van der Waals surface area contributed by atoms with Gasteiger partial charge in [-0.15, -0.1) is 11.8 Å². The lowest BCUT2D eigenvalue weighted by Gasteiger charge is -2.45. The number of amides is 1. The number of benzene rings is 2. The SMILES string of the molecule is O=C1/C(=C/c2ccccc2N2CCN3CCCCC3C2)SCCN1c1ccc(Cl)c(Cl)c1. The normalized spacial score (nSPS) is 23.5. The van der Waals surface area contributed by atoms with Crippen LogP contribution in [0.5, 0.6) is 0 Å². The molecule has 4 nitrogen and oxygen atoms in total. The van der Waals surface area contributed by atoms with Crippen molar-refractivity contribution in [2.75, 3.05) is 48.3 Å². The van der Waals surface area contributed by atoms with Gasteiger partial charge in [-0.3, -0.25) is 9.69 Å². The van der Waals surface area contributed by atoms with Crippen LogP contribution in [0.4, 0.5) is 11.4 Å². The number of piperidine rings is 1. The largest absolute Gasteiger partial charge is 0.368 e. The molecule has 1 amide bonds. The van der Waals surface area contributed by atoms with Crippen molar-refractivity contribution < 1.29 is 4.79 Å². The summed E-state index contributed by atoms with van der Waals surface area (Å²) in [5.41, 5.74) is 3.13. The fourth-order valence-electron chi connectivity index (χ4n) is 4.96. The fraction of sp³-hybridized carbons (Fsp3) is 0.400. The Bertz CT molecular complexity index is 1040. The predicted octanol–water partition coefficient (Wildman–Crippen LogP) is 5.79. The van der Waals surface area contributed by atoms with E-state index in [0.717, 1.165) is 41.5 Å². The van der Waals surface area contributed by atoms with Crippen LogP contribution in [0.1, 0.15) is 24.8 Å². The molecule has 0 aromatic heterocycles. The van der Waals surface area contributed by atoms with Crippen molar-refractivity contribution in [1.82, 2.24) is 4.90 Å². The summed E-state index contributed by atoms with van der Waals surface area (Å²) in [5.74, 6) is 0.868. The van der Waals surface area contributed by atoms with Gasteiger partial charge < -0.3 is 9.80 Å². The smallest absolute Gasteiger partial charge is 0.264 e. The molecule has 1 atom stereocenters. The van der Waals surface area contributed by atoms with Crippen LogP contribution in [0.25, 0.3) is 6.08 Å². The van der Waals surface area contributed by atoms with Crippen LogP contribution in [-0.2, 0) is 4.79 Å². The van der Waals surface area contributed by atoms with Crippen molar-refractivity contribution in [2.45, 2.75) is 25.3 Å². The van der Waals surface area contributed by atoms with Crippen molar-refractivity contribution in [3.8, 4) is 0 Å². The number of rotatable bonds is 3. The van der Waals surface area contributed by atoms with Gasteiger partial charge in [0, 0.05) is 49.3 Å². The number of carbonyl (C=O) groups excluding carboxylic acids is 1. The molecular formula is C25H27Cl2N3OS. The van der Waals surface area contributed by atoms with E-state index in [1.165, 1.54) is 31.5 Å². The maximum absolute atomic E-state index is 13.3. The number of hydrogen-bond acceptors (Lipinski definition) is 4. The van der Waals surface area contributed by atoms with Gasteiger partial charge in [-0.25, -0.2) is 0 Å². The Morgan fingerprint density at radius 2 is 1.84 bits per heavy atom. The Labute approximate surface area is 204 Å². The standard InChI is InChI=1S/C25H27Cl2N3OS/c26-21-9-8-19(16-22(21)27)30-13-14-32-24(25(30)31)15-18-5-1-2-7-23(18)29-12-11-28-10-4-3-6-20(28)17-29/h1-2,5,7-9,15-16,20H,3-4,6,10-14,17H2/b24-15-. The molecule has 0 N–H and O–H groups in total. The Hall–Kier alpha value is -1.66. The first-order valence-corrected chi connectivity index (χ1v) is 13.0. The molecule has 168 valence electrons. The first-order valence-electron chi connectivity index (χ1n) is 11.3. The zero-order chi connectivity index (χ0) is 22.1. The third-order valence-electron chi connectivity index (χ3n) is 6.64. The Morgan fingerprint density at radius 1 is 0.969 bits per heavy atom. The van der Waals surface area contributed by atoms with Crippen LogP contribution < -0.4 is 9.80 Å². The van der Waals surface area contributed by atoms with Crippen molar-refractivity contribution in [3.63, 3.8) is 0 Å². The topological polar surface area (TPSA) is 26.8 Å². The minimum atomic E-state index is 0.0199. The highest BCUT2D eigenvalue weighted by molar-refractivity contribution is 8.04. The molecule has 3 heterocycles. The van der Waals surface area contributed by atoms with Crippen LogP contribution in [0.15, 0.2) is 47.4 Å². The van der Waals surface area contributed by atoms with E-state index < -0.39 is 0 Å². The molecule has 3 aliphatic heterocycles. The number of hydrogen-bond donors (Lipinski definition) is 0. The van der Waals surface area contributed by atoms with Crippen molar-refractivity contribution in [2.24, 2.45) is 0 Å². The van der Waals surface area contributed by atoms with E-state index in [0.29, 0.717) is 22.6 Å². The Balaban J connectivity index is 1.40. The van der Waals surface area contributed by atoms with E-state index in [-0.39, 0.29) is 5.91 Å². The van der Waals surface area contributed by atoms with Crippen LogP contribution in [-0.4, -0.2) is 55.3 Å². The van der Waals surface area contributed by atoms with E-state index in [4.69, 9.17) is 23.2 Å². The second kappa shape index (κ2) is 9.68. The third kappa shape index (κ3) is 4.54. The number of piperazine rings is 1. The fourth-order valence-corrected chi connectivity index (χ4v) is 6.19. The number of fused-ring (bicyclic) bond motifs is 1. The highest BCUT2D eigenvalue weighted by Gasteiger charge is 2.30. The van der Waals surface area contributed by atoms with E-state index in [9.17, 15) is 4.79 Å². The van der Waals surface area contributed by atoms with E-state index >= 15 is 0 Å². The van der Waals surface area contributed by atoms with Crippen LogP contribution in [0.3, 0.4) is 0 Å². The first-order chi connectivity index (χ1) is 15.6. The molecule has 0 bridgehead atoms. The quantitative estimate of drug-likeness (QED) is 0.511. The van der Waals surface area contributed by atoms with Gasteiger partial charge >= 0.3 is 0 Å². The molecule has 7 heteroatoms. The zero-order valence-electron chi connectivity index (χ0n) is 18.0. The van der Waals surface area contributed by atoms with Crippen molar-refractivity contribution in [1.29, 1.82) is 0 Å². The molecule has 0 spiro atoms. The van der Waals surface area contributed by atoms with Gasteiger partial charge in [-0.2, -0.15) is 0 Å². The molecule has 32 heavy (non-hydrogen) atoms. The number of para-hydroxylation sites is 1. The third-order valence-corrected chi connectivity index (χ3v) is 8.37. The molecule has 2 aromatic carbocycles. The highest BCUT2D eigenvalue weighted by Crippen LogP contribution is 2.35. The van der Waals surface area contributed by atoms with E-state index in [1.54, 1.807) is 28.8 Å². The molecule has 5 rings (SSSR count). The molecule has 3 saturated heterocycles. The maximum Gasteiger partial charge on any atom is 0.264 e. The number of halogens is 2. The summed E-state index contributed by atoms with van der Waals surface area (Å²) in [6, 6.07) is 14.5. The second-order valence-corrected chi connectivity index (χ2v) is 10.6. The lowest BCUT2D eigenvalue weighted by Crippen LogP contribution is -2.55. The summed E-state index contributed by atoms with van der Waals surface area (Å²) < 4.78 is 0. The average molecular weight is 488 g/mol. The molecule has 0 radical (unpaired) electrons. The maximum atomic E-state index is 13.3. The number of thioether (sulfide) groups is 1. The molecule has 0 aliphatic carbocycles. The van der Waals surface area contributed by atoms with Gasteiger partial charge in [0.1, 0.15) is 0 Å². The number of nitrogens with zero attached hydrogens (tertiary/aromatic N) is 3. The predicted molar refractivity (Wildman–Crippen MR) is 137 cm³/mol. The lowest BCUT2D eigenvalue weighted by molar-refractivity contribution is -0.114. The van der Waals surface area contributed by atoms with E-state index in [2.05, 4.69) is 40.1 Å². The minimum absolute atomic E-state index is 0.0199. The number of carbonyl (C=O) groups is 1.